The summed E-state index contributed by atoms with van der Waals surface area (Å²) in [7, 11) is 0. The maximum atomic E-state index is 13.0. The molecule has 90 valence electrons. The molecule has 2 amide bonds. The lowest BCUT2D eigenvalue weighted by atomic mass is 10.2. The highest BCUT2D eigenvalue weighted by atomic mass is 79.9. The first-order chi connectivity index (χ1) is 8.06. The molecule has 17 heavy (non-hydrogen) atoms. The van der Waals surface area contributed by atoms with Gasteiger partial charge in [-0.2, -0.15) is 0 Å². The Morgan fingerprint density at radius 2 is 2.29 bits per heavy atom. The summed E-state index contributed by atoms with van der Waals surface area (Å²) in [6.07, 6.45) is 0.819. The number of amides is 2. The molecule has 1 fully saturated rings. The molecule has 1 atom stereocenters. The van der Waals surface area contributed by atoms with E-state index in [0.29, 0.717) is 23.0 Å². The summed E-state index contributed by atoms with van der Waals surface area (Å²) < 4.78 is 13.6. The number of benzene rings is 1. The van der Waals surface area contributed by atoms with Crippen LogP contribution in [0.2, 0.25) is 0 Å². The summed E-state index contributed by atoms with van der Waals surface area (Å²) in [5.41, 5.74) is 0.358. The molecular formula is C11H10BrFN2O2. The molecule has 0 aliphatic carbocycles. The minimum Gasteiger partial charge on any atom is -0.344 e. The topological polar surface area (TPSA) is 58.2 Å². The van der Waals surface area contributed by atoms with E-state index in [9.17, 15) is 14.0 Å². The number of hydrogen-bond acceptors (Lipinski definition) is 2. The van der Waals surface area contributed by atoms with Crippen molar-refractivity contribution in [2.45, 2.75) is 18.9 Å². The maximum absolute atomic E-state index is 13.0. The molecule has 1 aliphatic rings. The van der Waals surface area contributed by atoms with Crippen molar-refractivity contribution in [3.8, 4) is 0 Å². The van der Waals surface area contributed by atoms with Crippen LogP contribution in [0.3, 0.4) is 0 Å². The quantitative estimate of drug-likeness (QED) is 0.875. The summed E-state index contributed by atoms with van der Waals surface area (Å²) in [6.45, 7) is 0. The molecule has 2 N–H and O–H groups in total. The third-order valence-electron chi connectivity index (χ3n) is 2.50. The summed E-state index contributed by atoms with van der Waals surface area (Å²) in [6, 6.07) is 3.49. The van der Waals surface area contributed by atoms with Crippen molar-refractivity contribution in [2.75, 3.05) is 5.32 Å². The molecule has 1 aliphatic heterocycles. The summed E-state index contributed by atoms with van der Waals surface area (Å²) >= 11 is 3.21. The van der Waals surface area contributed by atoms with Crippen molar-refractivity contribution in [2.24, 2.45) is 0 Å². The van der Waals surface area contributed by atoms with Crippen molar-refractivity contribution in [3.05, 3.63) is 28.5 Å². The number of hydrogen-bond donors (Lipinski definition) is 2. The Hall–Kier alpha value is -1.43. The van der Waals surface area contributed by atoms with Gasteiger partial charge in [0, 0.05) is 10.9 Å². The molecular weight excluding hydrogens is 291 g/mol. The lowest BCUT2D eigenvalue weighted by molar-refractivity contribution is -0.122. The predicted octanol–water partition coefficient (Wildman–Crippen LogP) is 1.81. The van der Waals surface area contributed by atoms with Gasteiger partial charge in [0.25, 0.3) is 0 Å². The Kier molecular flexibility index (Phi) is 3.42. The highest BCUT2D eigenvalue weighted by molar-refractivity contribution is 9.10. The zero-order valence-corrected chi connectivity index (χ0v) is 10.4. The van der Waals surface area contributed by atoms with E-state index < -0.39 is 11.9 Å². The van der Waals surface area contributed by atoms with E-state index in [1.54, 1.807) is 0 Å². The summed E-state index contributed by atoms with van der Waals surface area (Å²) in [5, 5.41) is 5.12. The molecule has 1 aromatic carbocycles. The van der Waals surface area contributed by atoms with E-state index in [4.69, 9.17) is 0 Å². The molecule has 1 saturated heterocycles. The minimum atomic E-state index is -0.530. The van der Waals surface area contributed by atoms with Gasteiger partial charge < -0.3 is 10.6 Å². The van der Waals surface area contributed by atoms with Gasteiger partial charge in [-0.25, -0.2) is 4.39 Å². The smallest absolute Gasteiger partial charge is 0.246 e. The third kappa shape index (κ3) is 2.82. The molecule has 1 unspecified atom stereocenters. The van der Waals surface area contributed by atoms with E-state index in [0.717, 1.165) is 0 Å². The van der Waals surface area contributed by atoms with Crippen LogP contribution in [-0.2, 0) is 9.59 Å². The van der Waals surface area contributed by atoms with Gasteiger partial charge in [-0.05, 0) is 40.5 Å². The van der Waals surface area contributed by atoms with Crippen molar-refractivity contribution >= 4 is 33.4 Å². The van der Waals surface area contributed by atoms with Gasteiger partial charge in [0.1, 0.15) is 11.9 Å². The Morgan fingerprint density at radius 3 is 2.94 bits per heavy atom. The van der Waals surface area contributed by atoms with Crippen molar-refractivity contribution in [1.29, 1.82) is 0 Å². The maximum Gasteiger partial charge on any atom is 0.246 e. The van der Waals surface area contributed by atoms with Crippen molar-refractivity contribution < 1.29 is 14.0 Å². The van der Waals surface area contributed by atoms with E-state index >= 15 is 0 Å². The van der Waals surface area contributed by atoms with Crippen LogP contribution in [0, 0.1) is 5.82 Å². The van der Waals surface area contributed by atoms with Crippen LogP contribution in [0.1, 0.15) is 12.8 Å². The van der Waals surface area contributed by atoms with Crippen LogP contribution in [-0.4, -0.2) is 17.9 Å². The van der Waals surface area contributed by atoms with Gasteiger partial charge >= 0.3 is 0 Å². The second kappa shape index (κ2) is 4.83. The second-order valence-corrected chi connectivity index (χ2v) is 4.63. The number of carbonyl (C=O) groups is 2. The SMILES string of the molecule is O=C1CCC(C(=O)Nc2cc(F)ccc2Br)N1. The first kappa shape index (κ1) is 12.0. The third-order valence-corrected chi connectivity index (χ3v) is 3.19. The summed E-state index contributed by atoms with van der Waals surface area (Å²) in [5.74, 6) is -0.899. The molecule has 6 heteroatoms. The van der Waals surface area contributed by atoms with Crippen molar-refractivity contribution in [1.82, 2.24) is 5.32 Å². The van der Waals surface area contributed by atoms with Crippen LogP contribution in [0.15, 0.2) is 22.7 Å². The molecule has 1 heterocycles. The second-order valence-electron chi connectivity index (χ2n) is 3.77. The highest BCUT2D eigenvalue weighted by Crippen LogP contribution is 2.23. The van der Waals surface area contributed by atoms with Gasteiger partial charge in [0.2, 0.25) is 11.8 Å². The van der Waals surface area contributed by atoms with E-state index in [1.165, 1.54) is 18.2 Å². The fourth-order valence-electron chi connectivity index (χ4n) is 1.62. The molecule has 0 aromatic heterocycles. The molecule has 0 saturated carbocycles. The van der Waals surface area contributed by atoms with Crippen LogP contribution in [0.25, 0.3) is 0 Å². The average molecular weight is 301 g/mol. The lowest BCUT2D eigenvalue weighted by Gasteiger charge is -2.12. The predicted molar refractivity (Wildman–Crippen MR) is 63.9 cm³/mol. The van der Waals surface area contributed by atoms with Crippen LogP contribution in [0.4, 0.5) is 10.1 Å². The van der Waals surface area contributed by atoms with Crippen molar-refractivity contribution in [3.63, 3.8) is 0 Å². The minimum absolute atomic E-state index is 0.136. The molecule has 0 spiro atoms. The van der Waals surface area contributed by atoms with E-state index in [-0.39, 0.29) is 11.8 Å². The zero-order valence-electron chi connectivity index (χ0n) is 8.80. The van der Waals surface area contributed by atoms with Gasteiger partial charge in [-0.15, -0.1) is 0 Å². The van der Waals surface area contributed by atoms with Crippen LogP contribution >= 0.6 is 15.9 Å². The Balaban J connectivity index is 2.07. The highest BCUT2D eigenvalue weighted by Gasteiger charge is 2.27. The first-order valence-electron chi connectivity index (χ1n) is 5.11. The zero-order chi connectivity index (χ0) is 12.4. The monoisotopic (exact) mass is 300 g/mol. The molecule has 1 aromatic rings. The lowest BCUT2D eigenvalue weighted by Crippen LogP contribution is -2.37. The van der Waals surface area contributed by atoms with Gasteiger partial charge in [0.05, 0.1) is 5.69 Å². The first-order valence-corrected chi connectivity index (χ1v) is 5.91. The van der Waals surface area contributed by atoms with Gasteiger partial charge in [-0.1, -0.05) is 0 Å². The van der Waals surface area contributed by atoms with Gasteiger partial charge in [-0.3, -0.25) is 9.59 Å². The van der Waals surface area contributed by atoms with Crippen LogP contribution < -0.4 is 10.6 Å². The largest absolute Gasteiger partial charge is 0.344 e. The summed E-state index contributed by atoms with van der Waals surface area (Å²) in [4.78, 5) is 22.7. The van der Waals surface area contributed by atoms with E-state index in [2.05, 4.69) is 26.6 Å². The molecule has 0 bridgehead atoms. The number of nitrogens with one attached hydrogen (secondary N) is 2. The standard InChI is InChI=1S/C11H10BrFN2O2/c12-7-2-1-6(13)5-9(7)15-11(17)8-3-4-10(16)14-8/h1-2,5,8H,3-4H2,(H,14,16)(H,15,17). The number of carbonyl (C=O) groups excluding carboxylic acids is 2. The molecule has 0 radical (unpaired) electrons. The fraction of sp³-hybridized carbons (Fsp3) is 0.273. The molecule has 4 nitrogen and oxygen atoms in total. The fourth-order valence-corrected chi connectivity index (χ4v) is 1.97. The Labute approximate surface area is 106 Å². The number of rotatable bonds is 2. The van der Waals surface area contributed by atoms with Crippen LogP contribution in [0.5, 0.6) is 0 Å². The Bertz CT molecular complexity index is 479. The average Bonchev–Trinajstić information content (AvgIpc) is 2.70. The number of anilines is 1. The van der Waals surface area contributed by atoms with E-state index in [1.807, 2.05) is 0 Å². The Morgan fingerprint density at radius 1 is 1.53 bits per heavy atom. The normalized spacial score (nSPS) is 18.9. The molecule has 2 rings (SSSR count). The number of halogens is 2. The van der Waals surface area contributed by atoms with Gasteiger partial charge in [0.15, 0.2) is 0 Å².